The van der Waals surface area contributed by atoms with Crippen LogP contribution < -0.4 is 0 Å². The van der Waals surface area contributed by atoms with Crippen molar-refractivity contribution in [3.8, 4) is 0 Å². The molecular weight excluding hydrogens is 282 g/mol. The van der Waals surface area contributed by atoms with Crippen LogP contribution in [0.3, 0.4) is 0 Å². The number of rotatable bonds is 2. The first-order valence-corrected chi connectivity index (χ1v) is 8.43. The predicted octanol–water partition coefficient (Wildman–Crippen LogP) is 4.91. The minimum Gasteiger partial charge on any atom is -0.339 e. The van der Waals surface area contributed by atoms with E-state index in [1.807, 2.05) is 6.07 Å². The summed E-state index contributed by atoms with van der Waals surface area (Å²) in [7, 11) is 0. The van der Waals surface area contributed by atoms with Crippen molar-refractivity contribution in [2.45, 2.75) is 39.2 Å². The molecule has 0 saturated heterocycles. The number of benzene rings is 2. The summed E-state index contributed by atoms with van der Waals surface area (Å²) in [5.41, 5.74) is 5.91. The van der Waals surface area contributed by atoms with Gasteiger partial charge in [0, 0.05) is 35.1 Å². The van der Waals surface area contributed by atoms with Gasteiger partial charge in [-0.15, -0.1) is 0 Å². The molecule has 0 saturated carbocycles. The van der Waals surface area contributed by atoms with Crippen molar-refractivity contribution in [1.82, 2.24) is 4.57 Å². The third-order valence-electron chi connectivity index (χ3n) is 4.86. The van der Waals surface area contributed by atoms with Crippen LogP contribution in [-0.2, 0) is 13.0 Å². The van der Waals surface area contributed by atoms with Gasteiger partial charge in [-0.2, -0.15) is 0 Å². The molecule has 1 aromatic heterocycles. The third-order valence-corrected chi connectivity index (χ3v) is 4.86. The van der Waals surface area contributed by atoms with Crippen molar-refractivity contribution >= 4 is 16.7 Å². The molecule has 0 N–H and O–H groups in total. The van der Waals surface area contributed by atoms with Gasteiger partial charge >= 0.3 is 0 Å². The lowest BCUT2D eigenvalue weighted by atomic mass is 10.0. The number of hydrogen-bond donors (Lipinski definition) is 0. The van der Waals surface area contributed by atoms with Crippen LogP contribution in [0.5, 0.6) is 0 Å². The molecule has 2 heteroatoms. The molecule has 1 heterocycles. The van der Waals surface area contributed by atoms with Gasteiger partial charge in [0.15, 0.2) is 5.78 Å². The molecule has 3 aromatic rings. The van der Waals surface area contributed by atoms with Crippen molar-refractivity contribution in [3.05, 3.63) is 70.9 Å². The molecule has 4 rings (SSSR count). The van der Waals surface area contributed by atoms with Gasteiger partial charge in [-0.05, 0) is 43.9 Å². The Hall–Kier alpha value is -2.35. The van der Waals surface area contributed by atoms with Crippen LogP contribution in [0.1, 0.15) is 46.4 Å². The van der Waals surface area contributed by atoms with Gasteiger partial charge in [-0.1, -0.05) is 42.0 Å². The second kappa shape index (κ2) is 5.69. The first-order valence-electron chi connectivity index (χ1n) is 8.43. The van der Waals surface area contributed by atoms with E-state index < -0.39 is 0 Å². The van der Waals surface area contributed by atoms with Crippen LogP contribution in [0, 0.1) is 6.92 Å². The minimum atomic E-state index is 0.319. The summed E-state index contributed by atoms with van der Waals surface area (Å²) in [5, 5.41) is 1.14. The summed E-state index contributed by atoms with van der Waals surface area (Å²) < 4.78 is 2.36. The largest absolute Gasteiger partial charge is 0.339 e. The maximum atomic E-state index is 12.7. The zero-order valence-corrected chi connectivity index (χ0v) is 13.5. The van der Waals surface area contributed by atoms with E-state index in [0.29, 0.717) is 12.2 Å². The van der Waals surface area contributed by atoms with E-state index in [-0.39, 0.29) is 0 Å². The van der Waals surface area contributed by atoms with E-state index in [2.05, 4.69) is 54.0 Å². The number of fused-ring (bicyclic) bond motifs is 3. The lowest BCUT2D eigenvalue weighted by Crippen LogP contribution is -2.06. The fourth-order valence-corrected chi connectivity index (χ4v) is 3.74. The number of carbonyl (C=O) groups is 1. The number of hydrogen-bond acceptors (Lipinski definition) is 1. The Labute approximate surface area is 136 Å². The van der Waals surface area contributed by atoms with E-state index in [1.54, 1.807) is 0 Å². The Balaban J connectivity index is 1.95. The molecule has 2 aromatic carbocycles. The Morgan fingerprint density at radius 2 is 1.78 bits per heavy atom. The molecule has 1 aliphatic carbocycles. The van der Waals surface area contributed by atoms with Crippen LogP contribution in [0.25, 0.3) is 10.9 Å². The summed E-state index contributed by atoms with van der Waals surface area (Å²) in [6.07, 6.45) is 3.79. The van der Waals surface area contributed by atoms with Crippen molar-refractivity contribution in [2.75, 3.05) is 0 Å². The van der Waals surface area contributed by atoms with Gasteiger partial charge in [-0.3, -0.25) is 4.79 Å². The molecular formula is C21H21NO. The topological polar surface area (TPSA) is 22.0 Å². The Kier molecular flexibility index (Phi) is 3.53. The Bertz CT molecular complexity index is 874. The van der Waals surface area contributed by atoms with E-state index in [0.717, 1.165) is 36.8 Å². The summed E-state index contributed by atoms with van der Waals surface area (Å²) in [5.74, 6) is 0.319. The predicted molar refractivity (Wildman–Crippen MR) is 94.1 cm³/mol. The first kappa shape index (κ1) is 14.3. The van der Waals surface area contributed by atoms with Crippen LogP contribution in [0.2, 0.25) is 0 Å². The van der Waals surface area contributed by atoms with Crippen LogP contribution in [0.4, 0.5) is 0 Å². The highest BCUT2D eigenvalue weighted by Crippen LogP contribution is 2.32. The average Bonchev–Trinajstić information content (AvgIpc) is 2.71. The van der Waals surface area contributed by atoms with Crippen molar-refractivity contribution in [2.24, 2.45) is 0 Å². The van der Waals surface area contributed by atoms with E-state index in [1.165, 1.54) is 22.3 Å². The zero-order chi connectivity index (χ0) is 15.8. The molecule has 0 unspecified atom stereocenters. The van der Waals surface area contributed by atoms with Crippen LogP contribution in [-0.4, -0.2) is 10.4 Å². The second-order valence-corrected chi connectivity index (χ2v) is 6.54. The van der Waals surface area contributed by atoms with Gasteiger partial charge in [0.25, 0.3) is 0 Å². The zero-order valence-electron chi connectivity index (χ0n) is 13.5. The fourth-order valence-electron chi connectivity index (χ4n) is 3.74. The smallest absolute Gasteiger partial charge is 0.165 e. The number of nitrogens with zero attached hydrogens (tertiary/aromatic N) is 1. The molecule has 0 fully saturated rings. The summed E-state index contributed by atoms with van der Waals surface area (Å²) >= 11 is 0. The number of aromatic nitrogens is 1. The van der Waals surface area contributed by atoms with Crippen molar-refractivity contribution in [3.63, 3.8) is 0 Å². The molecule has 0 aliphatic heterocycles. The lowest BCUT2D eigenvalue weighted by molar-refractivity contribution is 0.0983. The van der Waals surface area contributed by atoms with E-state index >= 15 is 0 Å². The van der Waals surface area contributed by atoms with Gasteiger partial charge in [0.1, 0.15) is 0 Å². The molecule has 0 spiro atoms. The van der Waals surface area contributed by atoms with Gasteiger partial charge in [-0.25, -0.2) is 0 Å². The van der Waals surface area contributed by atoms with Crippen molar-refractivity contribution in [1.29, 1.82) is 0 Å². The number of aryl methyl sites for hydroxylation is 1. The maximum absolute atomic E-state index is 12.7. The van der Waals surface area contributed by atoms with Gasteiger partial charge in [0.2, 0.25) is 0 Å². The fraction of sp³-hybridized carbons (Fsp3) is 0.286. The van der Waals surface area contributed by atoms with Gasteiger partial charge < -0.3 is 4.57 Å². The third kappa shape index (κ3) is 2.48. The summed E-state index contributed by atoms with van der Waals surface area (Å²) in [4.78, 5) is 12.7. The van der Waals surface area contributed by atoms with Crippen LogP contribution in [0.15, 0.2) is 48.5 Å². The highest BCUT2D eigenvalue weighted by molar-refractivity contribution is 6.10. The molecule has 0 bridgehead atoms. The standard InChI is InChI=1S/C21H21NO/c1-15-11-12-18-17(13-15)21-19(9-5-6-10-20(21)23)22(18)14-16-7-3-2-4-8-16/h2-4,7-8,11-13H,5-6,9-10,14H2,1H3. The molecule has 2 nitrogen and oxygen atoms in total. The van der Waals surface area contributed by atoms with Crippen molar-refractivity contribution < 1.29 is 4.79 Å². The number of Topliss-reactive ketones (excluding diaryl/α,β-unsaturated/α-hetero) is 1. The van der Waals surface area contributed by atoms with E-state index in [4.69, 9.17) is 0 Å². The Morgan fingerprint density at radius 1 is 1.00 bits per heavy atom. The summed E-state index contributed by atoms with van der Waals surface area (Å²) in [6, 6.07) is 17.0. The normalized spacial score (nSPS) is 14.7. The second-order valence-electron chi connectivity index (χ2n) is 6.54. The monoisotopic (exact) mass is 303 g/mol. The molecule has 23 heavy (non-hydrogen) atoms. The minimum absolute atomic E-state index is 0.319. The maximum Gasteiger partial charge on any atom is 0.165 e. The summed E-state index contributed by atoms with van der Waals surface area (Å²) in [6.45, 7) is 2.94. The SMILES string of the molecule is Cc1ccc2c(c1)c1c(n2Cc2ccccc2)CCCCC1=O. The molecule has 0 atom stereocenters. The molecule has 0 amide bonds. The lowest BCUT2D eigenvalue weighted by Gasteiger charge is -2.11. The van der Waals surface area contributed by atoms with E-state index in [9.17, 15) is 4.79 Å². The highest BCUT2D eigenvalue weighted by atomic mass is 16.1. The molecule has 116 valence electrons. The highest BCUT2D eigenvalue weighted by Gasteiger charge is 2.24. The number of ketones is 1. The first-order chi connectivity index (χ1) is 11.2. The molecule has 0 radical (unpaired) electrons. The quantitative estimate of drug-likeness (QED) is 0.617. The number of carbonyl (C=O) groups excluding carboxylic acids is 1. The molecule has 1 aliphatic rings. The van der Waals surface area contributed by atoms with Crippen LogP contribution >= 0.6 is 0 Å². The Morgan fingerprint density at radius 3 is 2.61 bits per heavy atom. The average molecular weight is 303 g/mol. The van der Waals surface area contributed by atoms with Gasteiger partial charge in [0.05, 0.1) is 0 Å².